The third kappa shape index (κ3) is 2.94. The molecule has 0 bridgehead atoms. The van der Waals surface area contributed by atoms with Gasteiger partial charge in [-0.25, -0.2) is 18.2 Å². The number of rotatable bonds is 3. The molecule has 1 aliphatic heterocycles. The maximum absolute atomic E-state index is 12.8. The van der Waals surface area contributed by atoms with Crippen molar-refractivity contribution in [3.8, 4) is 0 Å². The Morgan fingerprint density at radius 1 is 1.30 bits per heavy atom. The van der Waals surface area contributed by atoms with Gasteiger partial charge in [0.15, 0.2) is 9.34 Å². The summed E-state index contributed by atoms with van der Waals surface area (Å²) in [5.74, 6) is 0. The lowest BCUT2D eigenvalue weighted by Crippen LogP contribution is -2.25. The number of anilines is 1. The van der Waals surface area contributed by atoms with Gasteiger partial charge in [-0.15, -0.1) is 0 Å². The van der Waals surface area contributed by atoms with Crippen molar-refractivity contribution in [2.75, 3.05) is 12.4 Å². The highest BCUT2D eigenvalue weighted by atomic mass is 32.2. The van der Waals surface area contributed by atoms with Crippen LogP contribution in [0.3, 0.4) is 0 Å². The first-order valence-electron chi connectivity index (χ1n) is 6.81. The molecule has 0 saturated carbocycles. The van der Waals surface area contributed by atoms with Gasteiger partial charge < -0.3 is 4.74 Å². The van der Waals surface area contributed by atoms with E-state index in [0.29, 0.717) is 18.8 Å². The number of nitrogens with one attached hydrogen (secondary N) is 1. The summed E-state index contributed by atoms with van der Waals surface area (Å²) in [7, 11) is -2.43. The Kier molecular flexibility index (Phi) is 4.09. The monoisotopic (exact) mass is 353 g/mol. The molecule has 0 saturated heterocycles. The largest absolute Gasteiger partial charge is 0.453 e. The van der Waals surface area contributed by atoms with Crippen molar-refractivity contribution in [2.24, 2.45) is 0 Å². The van der Waals surface area contributed by atoms with Crippen molar-refractivity contribution in [1.82, 2.24) is 9.29 Å². The van der Waals surface area contributed by atoms with Crippen LogP contribution in [0.1, 0.15) is 16.8 Å². The Bertz CT molecular complexity index is 836. The standard InChI is InChI=1S/C14H15N3O4S2/c1-9-12(22-13(15-9)16-14(18)21-2)23(19,20)17-7-10-5-3-4-6-11(10)8-17/h3-6H,7-8H2,1-2H3,(H,15,16,18). The van der Waals surface area contributed by atoms with Gasteiger partial charge in [-0.1, -0.05) is 35.6 Å². The number of ether oxygens (including phenoxy) is 1. The number of amides is 1. The van der Waals surface area contributed by atoms with E-state index >= 15 is 0 Å². The van der Waals surface area contributed by atoms with Crippen LogP contribution < -0.4 is 5.32 Å². The third-order valence-electron chi connectivity index (χ3n) is 3.53. The highest BCUT2D eigenvalue weighted by Gasteiger charge is 2.33. The van der Waals surface area contributed by atoms with E-state index in [2.05, 4.69) is 15.0 Å². The molecule has 9 heteroatoms. The average Bonchev–Trinajstić information content (AvgIpc) is 3.11. The minimum atomic E-state index is -3.66. The molecule has 2 heterocycles. The second-order valence-electron chi connectivity index (χ2n) is 5.05. The van der Waals surface area contributed by atoms with Gasteiger partial charge in [0.2, 0.25) is 0 Å². The lowest BCUT2D eigenvalue weighted by atomic mass is 10.1. The summed E-state index contributed by atoms with van der Waals surface area (Å²) in [6.45, 7) is 2.29. The minimum absolute atomic E-state index is 0.136. The summed E-state index contributed by atoms with van der Waals surface area (Å²) >= 11 is 0.923. The van der Waals surface area contributed by atoms with Gasteiger partial charge in [0.1, 0.15) is 0 Å². The van der Waals surface area contributed by atoms with Crippen molar-refractivity contribution < 1.29 is 17.9 Å². The van der Waals surface area contributed by atoms with E-state index in [0.717, 1.165) is 22.5 Å². The SMILES string of the molecule is COC(=O)Nc1nc(C)c(S(=O)(=O)N2Cc3ccccc3C2)s1. The van der Waals surface area contributed by atoms with Gasteiger partial charge in [0.25, 0.3) is 10.0 Å². The molecule has 1 aliphatic rings. The normalized spacial score (nSPS) is 14.5. The molecule has 7 nitrogen and oxygen atoms in total. The average molecular weight is 353 g/mol. The highest BCUT2D eigenvalue weighted by Crippen LogP contribution is 2.34. The fourth-order valence-corrected chi connectivity index (χ4v) is 5.33. The fourth-order valence-electron chi connectivity index (χ4n) is 2.40. The van der Waals surface area contributed by atoms with Gasteiger partial charge in [0.05, 0.1) is 12.8 Å². The molecule has 0 radical (unpaired) electrons. The Morgan fingerprint density at radius 3 is 2.48 bits per heavy atom. The first-order valence-corrected chi connectivity index (χ1v) is 9.07. The lowest BCUT2D eigenvalue weighted by Gasteiger charge is -2.14. The predicted molar refractivity (Wildman–Crippen MR) is 85.8 cm³/mol. The topological polar surface area (TPSA) is 88.6 Å². The van der Waals surface area contributed by atoms with Gasteiger partial charge in [-0.3, -0.25) is 5.32 Å². The number of carbonyl (C=O) groups excluding carboxylic acids is 1. The zero-order valence-corrected chi connectivity index (χ0v) is 14.2. The van der Waals surface area contributed by atoms with Crippen molar-refractivity contribution in [3.63, 3.8) is 0 Å². The van der Waals surface area contributed by atoms with Crippen LogP contribution in [0.4, 0.5) is 9.93 Å². The van der Waals surface area contributed by atoms with E-state index in [9.17, 15) is 13.2 Å². The fraction of sp³-hybridized carbons (Fsp3) is 0.286. The van der Waals surface area contributed by atoms with Crippen LogP contribution in [-0.2, 0) is 27.8 Å². The molecule has 122 valence electrons. The van der Waals surface area contributed by atoms with Gasteiger partial charge in [0, 0.05) is 13.1 Å². The summed E-state index contributed by atoms with van der Waals surface area (Å²) in [5, 5.41) is 2.59. The number of nitrogens with zero attached hydrogens (tertiary/aromatic N) is 2. The summed E-state index contributed by atoms with van der Waals surface area (Å²) in [6.07, 6.45) is -0.684. The maximum atomic E-state index is 12.8. The smallest absolute Gasteiger partial charge is 0.413 e. The van der Waals surface area contributed by atoms with Crippen LogP contribution in [0, 0.1) is 6.92 Å². The predicted octanol–water partition coefficient (Wildman–Crippen LogP) is 2.33. The quantitative estimate of drug-likeness (QED) is 0.915. The number of hydrogen-bond acceptors (Lipinski definition) is 6. The zero-order valence-electron chi connectivity index (χ0n) is 12.6. The lowest BCUT2D eigenvalue weighted by molar-refractivity contribution is 0.187. The molecule has 1 amide bonds. The van der Waals surface area contributed by atoms with Crippen LogP contribution in [0.5, 0.6) is 0 Å². The van der Waals surface area contributed by atoms with E-state index in [4.69, 9.17) is 0 Å². The third-order valence-corrected chi connectivity index (χ3v) is 6.99. The van der Waals surface area contributed by atoms with Crippen LogP contribution >= 0.6 is 11.3 Å². The Balaban J connectivity index is 1.88. The highest BCUT2D eigenvalue weighted by molar-refractivity contribution is 7.91. The Labute approximate surface area is 138 Å². The molecule has 0 atom stereocenters. The van der Waals surface area contributed by atoms with E-state index in [1.807, 2.05) is 24.3 Å². The number of aromatic nitrogens is 1. The van der Waals surface area contributed by atoms with Crippen LogP contribution in [0.15, 0.2) is 28.5 Å². The number of thiazole rings is 1. The van der Waals surface area contributed by atoms with Crippen LogP contribution in [0.25, 0.3) is 0 Å². The molecular weight excluding hydrogens is 338 g/mol. The number of sulfonamides is 1. The van der Waals surface area contributed by atoms with Crippen molar-refractivity contribution in [1.29, 1.82) is 0 Å². The summed E-state index contributed by atoms with van der Waals surface area (Å²) < 4.78 is 31.7. The van der Waals surface area contributed by atoms with Crippen molar-refractivity contribution >= 4 is 32.6 Å². The first-order chi connectivity index (χ1) is 10.9. The zero-order chi connectivity index (χ0) is 16.6. The van der Waals surface area contributed by atoms with E-state index < -0.39 is 16.1 Å². The Hall–Kier alpha value is -1.97. The number of carbonyl (C=O) groups is 1. The molecule has 0 fully saturated rings. The molecule has 0 spiro atoms. The minimum Gasteiger partial charge on any atom is -0.453 e. The summed E-state index contributed by atoms with van der Waals surface area (Å²) in [4.78, 5) is 15.3. The number of fused-ring (bicyclic) bond motifs is 1. The van der Waals surface area contributed by atoms with Gasteiger partial charge in [-0.05, 0) is 18.1 Å². The van der Waals surface area contributed by atoms with E-state index in [1.54, 1.807) is 6.92 Å². The molecule has 23 heavy (non-hydrogen) atoms. The summed E-state index contributed by atoms with van der Waals surface area (Å²) in [6, 6.07) is 7.64. The molecule has 1 aromatic heterocycles. The molecule has 2 aromatic rings. The molecule has 1 N–H and O–H groups in total. The van der Waals surface area contributed by atoms with Crippen LogP contribution in [-0.4, -0.2) is 30.9 Å². The number of aryl methyl sites for hydroxylation is 1. The second kappa shape index (κ2) is 5.91. The molecule has 3 rings (SSSR count). The van der Waals surface area contributed by atoms with Crippen LogP contribution in [0.2, 0.25) is 0 Å². The number of benzene rings is 1. The maximum Gasteiger partial charge on any atom is 0.413 e. The molecule has 0 unspecified atom stereocenters. The molecule has 1 aromatic carbocycles. The Morgan fingerprint density at radius 2 is 1.91 bits per heavy atom. The second-order valence-corrected chi connectivity index (χ2v) is 8.18. The van der Waals surface area contributed by atoms with Gasteiger partial charge >= 0.3 is 6.09 Å². The molecular formula is C14H15N3O4S2. The number of hydrogen-bond donors (Lipinski definition) is 1. The van der Waals surface area contributed by atoms with Crippen molar-refractivity contribution in [2.45, 2.75) is 24.2 Å². The number of methoxy groups -OCH3 is 1. The van der Waals surface area contributed by atoms with Gasteiger partial charge in [-0.2, -0.15) is 4.31 Å². The first kappa shape index (κ1) is 15.9. The summed E-state index contributed by atoms with van der Waals surface area (Å²) in [5.41, 5.74) is 2.37. The van der Waals surface area contributed by atoms with Crippen molar-refractivity contribution in [3.05, 3.63) is 41.1 Å². The van der Waals surface area contributed by atoms with E-state index in [1.165, 1.54) is 11.4 Å². The van der Waals surface area contributed by atoms with E-state index in [-0.39, 0.29) is 9.34 Å². The molecule has 0 aliphatic carbocycles.